The highest BCUT2D eigenvalue weighted by molar-refractivity contribution is 5.95. The summed E-state index contributed by atoms with van der Waals surface area (Å²) in [5, 5.41) is 0. The lowest BCUT2D eigenvalue weighted by Crippen LogP contribution is -1.93. The lowest BCUT2D eigenvalue weighted by molar-refractivity contribution is 0.101. The van der Waals surface area contributed by atoms with Gasteiger partial charge in [-0.05, 0) is 19.4 Å². The third-order valence-electron chi connectivity index (χ3n) is 1.52. The number of ketones is 1. The molecule has 0 saturated heterocycles. The molecule has 1 rings (SSSR count). The highest BCUT2D eigenvalue weighted by Gasteiger charge is 1.99. The number of aryl methyl sites for hydroxylation is 1. The number of hydrogen-bond donors (Lipinski definition) is 0. The molecule has 0 saturated carbocycles. The lowest BCUT2D eigenvalue weighted by atomic mass is 10.1. The van der Waals surface area contributed by atoms with Gasteiger partial charge < -0.3 is 0 Å². The largest absolute Gasteiger partial charge is 0.295 e. The van der Waals surface area contributed by atoms with Gasteiger partial charge in [-0.3, -0.25) is 4.79 Å². The van der Waals surface area contributed by atoms with Crippen LogP contribution in [0, 0.1) is 6.92 Å². The first-order chi connectivity index (χ1) is 5.72. The molecule has 1 aromatic rings. The first kappa shape index (κ1) is 10.6. The molecular weight excluding hydrogens is 148 g/mol. The van der Waals surface area contributed by atoms with E-state index in [0.717, 1.165) is 11.1 Å². The third kappa shape index (κ3) is 2.70. The second kappa shape index (κ2) is 5.30. The van der Waals surface area contributed by atoms with Gasteiger partial charge >= 0.3 is 0 Å². The molecule has 0 N–H and O–H groups in total. The summed E-state index contributed by atoms with van der Waals surface area (Å²) in [6, 6.07) is 7.60. The van der Waals surface area contributed by atoms with Crippen molar-refractivity contribution in [2.24, 2.45) is 0 Å². The van der Waals surface area contributed by atoms with Crippen LogP contribution in [0.25, 0.3) is 0 Å². The number of carbonyl (C=O) groups is 1. The molecular formula is C11H14O. The van der Waals surface area contributed by atoms with Gasteiger partial charge in [0.15, 0.2) is 5.78 Å². The van der Waals surface area contributed by atoms with Crippen LogP contribution >= 0.6 is 0 Å². The minimum absolute atomic E-state index is 0.137. The van der Waals surface area contributed by atoms with Crippen molar-refractivity contribution in [3.63, 3.8) is 0 Å². The number of benzene rings is 1. The van der Waals surface area contributed by atoms with E-state index in [1.54, 1.807) is 6.92 Å². The number of hydrogen-bond acceptors (Lipinski definition) is 1. The van der Waals surface area contributed by atoms with Crippen molar-refractivity contribution in [2.45, 2.75) is 13.8 Å². The Bertz CT molecular complexity index is 263. The molecule has 0 aliphatic rings. The van der Waals surface area contributed by atoms with Crippen LogP contribution in [0.2, 0.25) is 0 Å². The molecule has 0 unspecified atom stereocenters. The van der Waals surface area contributed by atoms with Gasteiger partial charge in [-0.1, -0.05) is 24.3 Å². The van der Waals surface area contributed by atoms with E-state index >= 15 is 0 Å². The van der Waals surface area contributed by atoms with E-state index in [1.807, 2.05) is 31.2 Å². The highest BCUT2D eigenvalue weighted by Crippen LogP contribution is 2.06. The maximum atomic E-state index is 10.9. The fraction of sp³-hybridized carbons (Fsp3) is 0.182. The number of rotatable bonds is 1. The number of Topliss-reactive ketones (excluding diaryl/α,β-unsaturated/α-hetero) is 1. The summed E-state index contributed by atoms with van der Waals surface area (Å²) >= 11 is 0. The summed E-state index contributed by atoms with van der Waals surface area (Å²) in [5.74, 6) is 0.137. The Morgan fingerprint density at radius 2 is 1.75 bits per heavy atom. The molecule has 1 nitrogen and oxygen atoms in total. The Morgan fingerprint density at radius 3 is 2.08 bits per heavy atom. The quantitative estimate of drug-likeness (QED) is 0.458. The van der Waals surface area contributed by atoms with Crippen molar-refractivity contribution in [3.05, 3.63) is 48.6 Å². The third-order valence-corrected chi connectivity index (χ3v) is 1.52. The summed E-state index contributed by atoms with van der Waals surface area (Å²) < 4.78 is 0. The maximum Gasteiger partial charge on any atom is 0.160 e. The molecule has 64 valence electrons. The van der Waals surface area contributed by atoms with Gasteiger partial charge in [-0.2, -0.15) is 0 Å². The van der Waals surface area contributed by atoms with Gasteiger partial charge in [-0.15, -0.1) is 13.2 Å². The topological polar surface area (TPSA) is 17.1 Å². The fourth-order valence-corrected chi connectivity index (χ4v) is 0.968. The molecule has 12 heavy (non-hydrogen) atoms. The molecule has 1 aromatic carbocycles. The van der Waals surface area contributed by atoms with Crippen molar-refractivity contribution < 1.29 is 4.79 Å². The van der Waals surface area contributed by atoms with Crippen molar-refractivity contribution >= 4 is 5.78 Å². The second-order valence-corrected chi connectivity index (χ2v) is 2.37. The summed E-state index contributed by atoms with van der Waals surface area (Å²) in [5.41, 5.74) is 1.87. The van der Waals surface area contributed by atoms with Crippen LogP contribution < -0.4 is 0 Å². The Balaban J connectivity index is 0.000000561. The molecule has 0 radical (unpaired) electrons. The van der Waals surface area contributed by atoms with Crippen LogP contribution in [0.4, 0.5) is 0 Å². The zero-order chi connectivity index (χ0) is 9.56. The molecule has 0 spiro atoms. The molecule has 0 aliphatic heterocycles. The SMILES string of the molecule is C=C.CC(=O)c1ccccc1C. The monoisotopic (exact) mass is 162 g/mol. The first-order valence-corrected chi connectivity index (χ1v) is 3.78. The zero-order valence-corrected chi connectivity index (χ0v) is 7.63. The Hall–Kier alpha value is -1.37. The van der Waals surface area contributed by atoms with Crippen LogP contribution in [0.1, 0.15) is 22.8 Å². The lowest BCUT2D eigenvalue weighted by Gasteiger charge is -1.97. The van der Waals surface area contributed by atoms with Gasteiger partial charge in [0.1, 0.15) is 0 Å². The summed E-state index contributed by atoms with van der Waals surface area (Å²) in [6.07, 6.45) is 0. The van der Waals surface area contributed by atoms with E-state index in [1.165, 1.54) is 0 Å². The van der Waals surface area contributed by atoms with Crippen LogP contribution in [0.3, 0.4) is 0 Å². The van der Waals surface area contributed by atoms with Crippen LogP contribution in [-0.4, -0.2) is 5.78 Å². The average Bonchev–Trinajstić information content (AvgIpc) is 2.08. The van der Waals surface area contributed by atoms with Gasteiger partial charge in [0.05, 0.1) is 0 Å². The van der Waals surface area contributed by atoms with Crippen molar-refractivity contribution in [3.8, 4) is 0 Å². The Morgan fingerprint density at radius 1 is 1.25 bits per heavy atom. The maximum absolute atomic E-state index is 10.9. The van der Waals surface area contributed by atoms with E-state index in [0.29, 0.717) is 0 Å². The summed E-state index contributed by atoms with van der Waals surface area (Å²) in [4.78, 5) is 10.9. The van der Waals surface area contributed by atoms with Crippen molar-refractivity contribution in [1.29, 1.82) is 0 Å². The van der Waals surface area contributed by atoms with E-state index in [9.17, 15) is 4.79 Å². The molecule has 1 heteroatoms. The van der Waals surface area contributed by atoms with Crippen LogP contribution in [0.15, 0.2) is 37.4 Å². The van der Waals surface area contributed by atoms with E-state index < -0.39 is 0 Å². The van der Waals surface area contributed by atoms with Gasteiger partial charge in [-0.25, -0.2) is 0 Å². The summed E-state index contributed by atoms with van der Waals surface area (Å²) in [7, 11) is 0. The van der Waals surface area contributed by atoms with Crippen LogP contribution in [0.5, 0.6) is 0 Å². The smallest absolute Gasteiger partial charge is 0.160 e. The van der Waals surface area contributed by atoms with Crippen molar-refractivity contribution in [2.75, 3.05) is 0 Å². The summed E-state index contributed by atoms with van der Waals surface area (Å²) in [6.45, 7) is 9.53. The zero-order valence-electron chi connectivity index (χ0n) is 7.63. The first-order valence-electron chi connectivity index (χ1n) is 3.78. The Labute approximate surface area is 73.7 Å². The Kier molecular flexibility index (Phi) is 4.70. The fourth-order valence-electron chi connectivity index (χ4n) is 0.968. The van der Waals surface area contributed by atoms with E-state index in [-0.39, 0.29) is 5.78 Å². The number of carbonyl (C=O) groups excluding carboxylic acids is 1. The normalized spacial score (nSPS) is 8.17. The standard InChI is InChI=1S/C9H10O.C2H4/c1-7-5-3-4-6-9(7)8(2)10;1-2/h3-6H,1-2H3;1-2H2. The minimum Gasteiger partial charge on any atom is -0.295 e. The molecule has 0 aromatic heterocycles. The van der Waals surface area contributed by atoms with Gasteiger partial charge in [0.2, 0.25) is 0 Å². The minimum atomic E-state index is 0.137. The molecule has 0 atom stereocenters. The van der Waals surface area contributed by atoms with Gasteiger partial charge in [0, 0.05) is 5.56 Å². The molecule has 0 fully saturated rings. The molecule has 0 amide bonds. The predicted octanol–water partition coefficient (Wildman–Crippen LogP) is 3.00. The second-order valence-electron chi connectivity index (χ2n) is 2.37. The molecule has 0 aliphatic carbocycles. The van der Waals surface area contributed by atoms with Crippen LogP contribution in [-0.2, 0) is 0 Å². The van der Waals surface area contributed by atoms with E-state index in [2.05, 4.69) is 13.2 Å². The molecule has 0 bridgehead atoms. The predicted molar refractivity (Wildman–Crippen MR) is 52.4 cm³/mol. The van der Waals surface area contributed by atoms with Crippen molar-refractivity contribution in [1.82, 2.24) is 0 Å². The molecule has 0 heterocycles. The van der Waals surface area contributed by atoms with Gasteiger partial charge in [0.25, 0.3) is 0 Å². The van der Waals surface area contributed by atoms with E-state index in [4.69, 9.17) is 0 Å². The average molecular weight is 162 g/mol. The highest BCUT2D eigenvalue weighted by atomic mass is 16.1.